The molecule has 0 spiro atoms. The maximum atomic E-state index is 12.7. The number of carbonyl (C=O) groups is 3. The second-order valence-electron chi connectivity index (χ2n) is 8.33. The van der Waals surface area contributed by atoms with Gasteiger partial charge in [-0.05, 0) is 32.6 Å². The molecular weight excluding hydrogens is 408 g/mol. The van der Waals surface area contributed by atoms with E-state index in [4.69, 9.17) is 4.74 Å². The zero-order valence-electron chi connectivity index (χ0n) is 18.1. The number of esters is 1. The fourth-order valence-corrected chi connectivity index (χ4v) is 6.01. The van der Waals surface area contributed by atoms with E-state index in [9.17, 15) is 24.6 Å². The molecule has 0 bridgehead atoms. The number of methoxy groups -OCH3 is 1. The number of nitrogens with one attached hydrogen (secondary N) is 2. The number of aliphatic hydroxyl groups is 2. The van der Waals surface area contributed by atoms with Crippen LogP contribution >= 0.6 is 11.8 Å². The summed E-state index contributed by atoms with van der Waals surface area (Å²) in [6, 6.07) is -0.856. The van der Waals surface area contributed by atoms with Crippen molar-refractivity contribution in [3.63, 3.8) is 0 Å². The lowest BCUT2D eigenvalue weighted by Crippen LogP contribution is -2.67. The zero-order valence-corrected chi connectivity index (χ0v) is 19.0. The van der Waals surface area contributed by atoms with Gasteiger partial charge >= 0.3 is 5.97 Å². The summed E-state index contributed by atoms with van der Waals surface area (Å²) in [6.45, 7) is 4.75. The minimum atomic E-state index is -1.48. The Kier molecular flexibility index (Phi) is 8.35. The molecule has 1 saturated heterocycles. The summed E-state index contributed by atoms with van der Waals surface area (Å²) in [4.78, 5) is 36.1. The molecule has 6 unspecified atom stereocenters. The first-order valence-corrected chi connectivity index (χ1v) is 11.6. The van der Waals surface area contributed by atoms with Crippen molar-refractivity contribution in [3.05, 3.63) is 12.2 Å². The van der Waals surface area contributed by atoms with Gasteiger partial charge in [0.25, 0.3) is 0 Å². The van der Waals surface area contributed by atoms with Crippen LogP contribution in [0, 0.1) is 11.8 Å². The average Bonchev–Trinajstić information content (AvgIpc) is 2.91. The number of rotatable bonds is 9. The van der Waals surface area contributed by atoms with E-state index >= 15 is 0 Å². The molecule has 4 N–H and O–H groups in total. The van der Waals surface area contributed by atoms with Gasteiger partial charge in [0.2, 0.25) is 11.8 Å². The van der Waals surface area contributed by atoms with Crippen LogP contribution in [0.1, 0.15) is 46.5 Å². The lowest BCUT2D eigenvalue weighted by molar-refractivity contribution is -0.144. The highest BCUT2D eigenvalue weighted by Gasteiger charge is 2.64. The number of thioether (sulfide) groups is 1. The Balaban J connectivity index is 2.27. The first-order chi connectivity index (χ1) is 14.1. The number of ether oxygens (including phenoxy) is 1. The van der Waals surface area contributed by atoms with Gasteiger partial charge < -0.3 is 25.6 Å². The van der Waals surface area contributed by atoms with Crippen molar-refractivity contribution in [3.8, 4) is 0 Å². The number of hydrogen-bond acceptors (Lipinski definition) is 7. The molecule has 1 aliphatic heterocycles. The molecule has 1 aliphatic carbocycles. The highest BCUT2D eigenvalue weighted by molar-refractivity contribution is 7.99. The van der Waals surface area contributed by atoms with Crippen LogP contribution in [0.3, 0.4) is 0 Å². The standard InChI is InChI=1S/C21H34N2O6S/c1-5-15-18(26)23-21(20(15,3)28,17(25)14-9-7-6-8-10-14)12-30-11-16(19(27)29-4)22-13(2)24/h7,9,14-17,25,28H,5-6,8,10-12H2,1-4H3,(H,22,24)(H,23,26). The molecule has 0 saturated carbocycles. The number of hydrogen-bond donors (Lipinski definition) is 4. The molecule has 170 valence electrons. The summed E-state index contributed by atoms with van der Waals surface area (Å²) in [5, 5.41) is 28.3. The van der Waals surface area contributed by atoms with Crippen molar-refractivity contribution in [2.24, 2.45) is 11.8 Å². The average molecular weight is 443 g/mol. The Morgan fingerprint density at radius 1 is 1.47 bits per heavy atom. The van der Waals surface area contributed by atoms with Crippen LogP contribution < -0.4 is 10.6 Å². The van der Waals surface area contributed by atoms with E-state index in [1.54, 1.807) is 6.92 Å². The van der Waals surface area contributed by atoms with E-state index in [0.29, 0.717) is 6.42 Å². The summed E-state index contributed by atoms with van der Waals surface area (Å²) in [5.74, 6) is -1.68. The Hall–Kier alpha value is -1.58. The summed E-state index contributed by atoms with van der Waals surface area (Å²) >= 11 is 1.28. The van der Waals surface area contributed by atoms with Gasteiger partial charge in [0.1, 0.15) is 11.6 Å². The van der Waals surface area contributed by atoms with Crippen LogP contribution in [0.15, 0.2) is 12.2 Å². The zero-order chi connectivity index (χ0) is 22.5. The van der Waals surface area contributed by atoms with E-state index in [1.807, 2.05) is 19.1 Å². The number of carbonyl (C=O) groups excluding carboxylic acids is 3. The molecule has 2 aliphatic rings. The Morgan fingerprint density at radius 2 is 2.17 bits per heavy atom. The van der Waals surface area contributed by atoms with Gasteiger partial charge in [-0.3, -0.25) is 9.59 Å². The third kappa shape index (κ3) is 4.84. The normalized spacial score (nSPS) is 32.9. The van der Waals surface area contributed by atoms with E-state index in [1.165, 1.54) is 25.8 Å². The molecule has 0 aromatic carbocycles. The van der Waals surface area contributed by atoms with Gasteiger partial charge in [0.15, 0.2) is 0 Å². The fraction of sp³-hybridized carbons (Fsp3) is 0.762. The molecule has 1 fully saturated rings. The number of aliphatic hydroxyl groups excluding tert-OH is 1. The van der Waals surface area contributed by atoms with Gasteiger partial charge in [-0.15, -0.1) is 0 Å². The molecule has 1 heterocycles. The summed E-state index contributed by atoms with van der Waals surface area (Å²) in [6.07, 6.45) is 6.07. The van der Waals surface area contributed by atoms with Crippen LogP contribution in [0.4, 0.5) is 0 Å². The van der Waals surface area contributed by atoms with Gasteiger partial charge in [-0.2, -0.15) is 11.8 Å². The highest BCUT2D eigenvalue weighted by atomic mass is 32.2. The van der Waals surface area contributed by atoms with Gasteiger partial charge in [-0.1, -0.05) is 19.1 Å². The van der Waals surface area contributed by atoms with E-state index in [2.05, 4.69) is 10.6 Å². The summed E-state index contributed by atoms with van der Waals surface area (Å²) < 4.78 is 4.75. The molecule has 0 aromatic heterocycles. The second-order valence-corrected chi connectivity index (χ2v) is 9.36. The van der Waals surface area contributed by atoms with Crippen molar-refractivity contribution in [2.75, 3.05) is 18.6 Å². The number of amides is 2. The predicted octanol–water partition coefficient (Wildman–Crippen LogP) is 0.760. The predicted molar refractivity (Wildman–Crippen MR) is 115 cm³/mol. The third-order valence-corrected chi connectivity index (χ3v) is 7.56. The van der Waals surface area contributed by atoms with Crippen LogP contribution in [-0.4, -0.2) is 69.9 Å². The van der Waals surface area contributed by atoms with Crippen molar-refractivity contribution in [2.45, 2.75) is 69.7 Å². The van der Waals surface area contributed by atoms with Crippen LogP contribution in [0.2, 0.25) is 0 Å². The molecule has 0 aromatic rings. The largest absolute Gasteiger partial charge is 0.467 e. The smallest absolute Gasteiger partial charge is 0.329 e. The van der Waals surface area contributed by atoms with Crippen LogP contribution in [0.25, 0.3) is 0 Å². The first kappa shape index (κ1) is 24.7. The molecule has 8 nitrogen and oxygen atoms in total. The first-order valence-electron chi connectivity index (χ1n) is 10.4. The van der Waals surface area contributed by atoms with Crippen molar-refractivity contribution < 1.29 is 29.3 Å². The molecule has 0 radical (unpaired) electrons. The Labute approximate surface area is 182 Å². The maximum absolute atomic E-state index is 12.7. The summed E-state index contributed by atoms with van der Waals surface area (Å²) in [7, 11) is 1.25. The van der Waals surface area contributed by atoms with E-state index in [0.717, 1.165) is 19.3 Å². The topological polar surface area (TPSA) is 125 Å². The van der Waals surface area contributed by atoms with Crippen LogP contribution in [0.5, 0.6) is 0 Å². The molecule has 2 amide bonds. The molecule has 9 heteroatoms. The minimum Gasteiger partial charge on any atom is -0.467 e. The van der Waals surface area contributed by atoms with Gasteiger partial charge in [0.05, 0.1) is 24.7 Å². The molecule has 6 atom stereocenters. The van der Waals surface area contributed by atoms with Crippen molar-refractivity contribution in [1.82, 2.24) is 10.6 Å². The third-order valence-electron chi connectivity index (χ3n) is 6.33. The van der Waals surface area contributed by atoms with Gasteiger partial charge in [0, 0.05) is 24.3 Å². The Bertz CT molecular complexity index is 682. The summed E-state index contributed by atoms with van der Waals surface area (Å²) in [5.41, 5.74) is -2.76. The van der Waals surface area contributed by atoms with E-state index < -0.39 is 35.2 Å². The highest BCUT2D eigenvalue weighted by Crippen LogP contribution is 2.45. The van der Waals surface area contributed by atoms with Gasteiger partial charge in [-0.25, -0.2) is 4.79 Å². The van der Waals surface area contributed by atoms with Crippen molar-refractivity contribution in [1.29, 1.82) is 0 Å². The Morgan fingerprint density at radius 3 is 2.67 bits per heavy atom. The second kappa shape index (κ2) is 10.2. The van der Waals surface area contributed by atoms with E-state index in [-0.39, 0.29) is 29.2 Å². The monoisotopic (exact) mass is 442 g/mol. The van der Waals surface area contributed by atoms with Crippen LogP contribution in [-0.2, 0) is 19.1 Å². The molecular formula is C21H34N2O6S. The minimum absolute atomic E-state index is 0.181. The molecule has 2 rings (SSSR count). The SMILES string of the molecule is CCC1C(=O)NC(CSCC(NC(C)=O)C(=O)OC)(C(O)C2C=CCCC2)C1(C)O. The fourth-order valence-electron chi connectivity index (χ4n) is 4.58. The number of allylic oxidation sites excluding steroid dienone is 1. The molecule has 30 heavy (non-hydrogen) atoms. The lowest BCUT2D eigenvalue weighted by atomic mass is 9.69. The van der Waals surface area contributed by atoms with Crippen molar-refractivity contribution >= 4 is 29.5 Å². The maximum Gasteiger partial charge on any atom is 0.329 e. The quantitative estimate of drug-likeness (QED) is 0.307. The lowest BCUT2D eigenvalue weighted by Gasteiger charge is -2.46.